The van der Waals surface area contributed by atoms with Crippen molar-refractivity contribution in [1.29, 1.82) is 0 Å². The van der Waals surface area contributed by atoms with E-state index in [-0.39, 0.29) is 51.9 Å². The fraction of sp³-hybridized carbons (Fsp3) is 0.304. The Labute approximate surface area is 187 Å². The standard InChI is InChI=1S/C14H14P.C9H13.2ClH.Ti/c1-2-15(13-9-5-3-6-10-13)14-11-7-4-8-12-14;1-6-5-7(2)9(4)8(6)3;;;/h2-12H,1H3;6H,1-4H3;2*1H;. The van der Waals surface area contributed by atoms with Crippen LogP contribution in [0.4, 0.5) is 0 Å². The van der Waals surface area contributed by atoms with E-state index in [9.17, 15) is 0 Å². The Balaban J connectivity index is 0.00000182. The van der Waals surface area contributed by atoms with Crippen molar-refractivity contribution < 1.29 is 19.2 Å². The fourth-order valence-electron chi connectivity index (χ4n) is 3.66. The number of hydrogen-bond donors (Lipinski definition) is 0. The molecule has 1 aliphatic carbocycles. The maximum atomic E-state index is 2.50. The van der Waals surface area contributed by atoms with Crippen molar-refractivity contribution in [1.82, 2.24) is 0 Å². The summed E-state index contributed by atoms with van der Waals surface area (Å²) >= 11 is -0.164. The second-order valence-electron chi connectivity index (χ2n) is 6.93. The van der Waals surface area contributed by atoms with Crippen molar-refractivity contribution in [2.24, 2.45) is 5.92 Å². The van der Waals surface area contributed by atoms with E-state index >= 15 is 0 Å². The van der Waals surface area contributed by atoms with Crippen LogP contribution in [0.5, 0.6) is 0 Å². The molecule has 4 heteroatoms. The molecule has 3 rings (SSSR count). The minimum absolute atomic E-state index is 0. The van der Waals surface area contributed by atoms with E-state index in [1.165, 1.54) is 10.6 Å². The first kappa shape index (κ1) is 24.7. The molecular formula is C23H29Cl2PTi. The Hall–Kier alpha value is -0.356. The molecule has 0 bridgehead atoms. The van der Waals surface area contributed by atoms with Gasteiger partial charge in [0, 0.05) is 0 Å². The minimum atomic E-state index is -0.292. The van der Waals surface area contributed by atoms with Crippen molar-refractivity contribution >= 4 is 43.3 Å². The van der Waals surface area contributed by atoms with E-state index in [1.54, 1.807) is 20.6 Å². The SMILES string of the molecule is CC1=C(C)C(C)[C]([Ti][CH](C)P(c2ccccc2)c2ccccc2)=C1C.Cl.Cl. The van der Waals surface area contributed by atoms with Gasteiger partial charge in [-0.3, -0.25) is 0 Å². The zero-order valence-electron chi connectivity index (χ0n) is 16.7. The van der Waals surface area contributed by atoms with Crippen LogP contribution < -0.4 is 10.6 Å². The van der Waals surface area contributed by atoms with Crippen LogP contribution in [0, 0.1) is 5.92 Å². The summed E-state index contributed by atoms with van der Waals surface area (Å²) in [4.78, 5) is 0. The molecule has 2 unspecified atom stereocenters. The number of benzene rings is 2. The van der Waals surface area contributed by atoms with Crippen molar-refractivity contribution in [3.63, 3.8) is 0 Å². The third-order valence-corrected chi connectivity index (χ3v) is 12.1. The van der Waals surface area contributed by atoms with E-state index in [0.717, 1.165) is 3.96 Å². The molecule has 2 aromatic carbocycles. The Morgan fingerprint density at radius 2 is 1.22 bits per heavy atom. The summed E-state index contributed by atoms with van der Waals surface area (Å²) in [6.45, 7) is 11.9. The number of allylic oxidation sites excluding steroid dienone is 4. The Kier molecular flexibility index (Phi) is 10.0. The Morgan fingerprint density at radius 1 is 0.778 bits per heavy atom. The molecule has 144 valence electrons. The van der Waals surface area contributed by atoms with Crippen LogP contribution in [0.2, 0.25) is 0 Å². The molecule has 0 saturated carbocycles. The second kappa shape index (κ2) is 11.0. The molecule has 0 aromatic heterocycles. The van der Waals surface area contributed by atoms with Gasteiger partial charge in [-0.15, -0.1) is 24.8 Å². The van der Waals surface area contributed by atoms with Crippen LogP contribution in [0.25, 0.3) is 0 Å². The quantitative estimate of drug-likeness (QED) is 0.350. The van der Waals surface area contributed by atoms with E-state index in [2.05, 4.69) is 95.3 Å². The number of rotatable bonds is 5. The fourth-order valence-corrected chi connectivity index (χ4v) is 10.6. The third kappa shape index (κ3) is 5.38. The summed E-state index contributed by atoms with van der Waals surface area (Å²) < 4.78 is 2.53. The van der Waals surface area contributed by atoms with Crippen molar-refractivity contribution in [3.05, 3.63) is 81.3 Å². The molecule has 27 heavy (non-hydrogen) atoms. The molecule has 2 atom stereocenters. The van der Waals surface area contributed by atoms with Gasteiger partial charge in [0.15, 0.2) is 0 Å². The second-order valence-corrected chi connectivity index (χ2v) is 12.9. The van der Waals surface area contributed by atoms with E-state index in [0.29, 0.717) is 5.92 Å². The van der Waals surface area contributed by atoms with Crippen molar-refractivity contribution in [2.75, 3.05) is 0 Å². The van der Waals surface area contributed by atoms with Gasteiger partial charge in [-0.25, -0.2) is 0 Å². The van der Waals surface area contributed by atoms with Crippen LogP contribution in [0.15, 0.2) is 81.3 Å². The monoisotopic (exact) mass is 454 g/mol. The smallest absolute Gasteiger partial charge is 0.147 e. The van der Waals surface area contributed by atoms with Gasteiger partial charge in [-0.1, -0.05) is 0 Å². The third-order valence-electron chi connectivity index (χ3n) is 5.46. The van der Waals surface area contributed by atoms with Crippen LogP contribution >= 0.6 is 32.7 Å². The Bertz CT molecular complexity index is 760. The molecule has 0 saturated heterocycles. The average Bonchev–Trinajstić information content (AvgIpc) is 2.82. The van der Waals surface area contributed by atoms with Gasteiger partial charge in [0.05, 0.1) is 0 Å². The zero-order valence-corrected chi connectivity index (χ0v) is 20.8. The van der Waals surface area contributed by atoms with Gasteiger partial charge in [0.1, 0.15) is 0 Å². The van der Waals surface area contributed by atoms with Crippen LogP contribution in [-0.4, -0.2) is 3.96 Å². The van der Waals surface area contributed by atoms with Crippen molar-refractivity contribution in [3.8, 4) is 0 Å². The summed E-state index contributed by atoms with van der Waals surface area (Å²) in [5.74, 6) is 0.658. The summed E-state index contributed by atoms with van der Waals surface area (Å²) in [7, 11) is -0.292. The molecule has 0 nitrogen and oxygen atoms in total. The predicted molar refractivity (Wildman–Crippen MR) is 123 cm³/mol. The summed E-state index contributed by atoms with van der Waals surface area (Å²) in [5.41, 5.74) is 4.72. The molecule has 0 spiro atoms. The van der Waals surface area contributed by atoms with E-state index in [4.69, 9.17) is 0 Å². The molecule has 0 fully saturated rings. The van der Waals surface area contributed by atoms with Crippen LogP contribution in [-0.2, 0) is 19.2 Å². The van der Waals surface area contributed by atoms with Crippen molar-refractivity contribution in [2.45, 2.75) is 38.6 Å². The van der Waals surface area contributed by atoms with Gasteiger partial charge in [-0.05, 0) is 0 Å². The van der Waals surface area contributed by atoms with Crippen LogP contribution in [0.1, 0.15) is 34.6 Å². The molecular weight excluding hydrogens is 426 g/mol. The summed E-state index contributed by atoms with van der Waals surface area (Å²) in [6, 6.07) is 22.3. The normalized spacial score (nSPS) is 17.5. The van der Waals surface area contributed by atoms with Gasteiger partial charge in [0.2, 0.25) is 0 Å². The maximum Gasteiger partial charge on any atom is -0.147 e. The first-order valence-electron chi connectivity index (χ1n) is 9.05. The predicted octanol–water partition coefficient (Wildman–Crippen LogP) is 6.65. The number of hydrogen-bond acceptors (Lipinski definition) is 0. The molecule has 1 aliphatic rings. The van der Waals surface area contributed by atoms with E-state index < -0.39 is 0 Å². The van der Waals surface area contributed by atoms with Gasteiger partial charge >= 0.3 is 163 Å². The number of halogens is 2. The van der Waals surface area contributed by atoms with Crippen LogP contribution in [0.3, 0.4) is 0 Å². The molecule has 2 aromatic rings. The molecule has 0 N–H and O–H groups in total. The zero-order chi connectivity index (χ0) is 18.0. The first-order chi connectivity index (χ1) is 12.0. The van der Waals surface area contributed by atoms with E-state index in [1.807, 2.05) is 0 Å². The van der Waals surface area contributed by atoms with Gasteiger partial charge < -0.3 is 0 Å². The Morgan fingerprint density at radius 3 is 1.59 bits per heavy atom. The molecule has 0 radical (unpaired) electrons. The largest absolute Gasteiger partial charge is 0.147 e. The summed E-state index contributed by atoms with van der Waals surface area (Å²) in [5, 5.41) is 3.04. The molecule has 0 amide bonds. The maximum absolute atomic E-state index is 2.50. The minimum Gasteiger partial charge on any atom is -0.147 e. The topological polar surface area (TPSA) is 0 Å². The molecule has 0 aliphatic heterocycles. The van der Waals surface area contributed by atoms with Gasteiger partial charge in [0.25, 0.3) is 0 Å². The summed E-state index contributed by atoms with van der Waals surface area (Å²) in [6.07, 6.45) is 0. The molecule has 0 heterocycles. The average molecular weight is 455 g/mol. The van der Waals surface area contributed by atoms with Gasteiger partial charge in [-0.2, -0.15) is 0 Å². The first-order valence-corrected chi connectivity index (χ1v) is 12.1.